The molecule has 0 saturated heterocycles. The van der Waals surface area contributed by atoms with Crippen molar-refractivity contribution in [1.82, 2.24) is 20.2 Å². The first-order valence-electron chi connectivity index (χ1n) is 5.45. The number of aromatic nitrogens is 4. The van der Waals surface area contributed by atoms with E-state index in [0.29, 0.717) is 0 Å². The maximum Gasteiger partial charge on any atom is 0.270 e. The lowest BCUT2D eigenvalue weighted by molar-refractivity contribution is -0.120. The van der Waals surface area contributed by atoms with Crippen molar-refractivity contribution in [2.24, 2.45) is 18.7 Å². The number of aryl methyl sites for hydroxylation is 1. The van der Waals surface area contributed by atoms with Crippen molar-refractivity contribution in [2.75, 3.05) is 5.32 Å². The summed E-state index contributed by atoms with van der Waals surface area (Å²) in [6, 6.07) is 0.138. The molecule has 3 N–H and O–H groups in total. The van der Waals surface area contributed by atoms with Gasteiger partial charge in [-0.15, -0.1) is 5.10 Å². The lowest BCUT2D eigenvalue weighted by Gasteiger charge is -2.24. The molecule has 1 aliphatic rings. The van der Waals surface area contributed by atoms with E-state index >= 15 is 0 Å². The molecule has 7 nitrogen and oxygen atoms in total. The average Bonchev–Trinajstić information content (AvgIpc) is 2.64. The van der Waals surface area contributed by atoms with Gasteiger partial charge in [-0.3, -0.25) is 10.1 Å². The Morgan fingerprint density at radius 3 is 3.00 bits per heavy atom. The fourth-order valence-corrected chi connectivity index (χ4v) is 2.01. The Morgan fingerprint density at radius 2 is 2.38 bits per heavy atom. The Hall–Kier alpha value is -1.50. The molecular weight excluding hydrogens is 208 g/mol. The third kappa shape index (κ3) is 2.54. The highest BCUT2D eigenvalue weighted by molar-refractivity contribution is 5.90. The number of carbonyl (C=O) groups excluding carboxylic acids is 1. The van der Waals surface area contributed by atoms with Crippen LogP contribution in [0.5, 0.6) is 0 Å². The van der Waals surface area contributed by atoms with Crippen LogP contribution in [0.3, 0.4) is 0 Å². The molecular formula is C9H16N6O. The number of amides is 1. The standard InChI is InChI=1S/C9H16N6O/c1-15-13-9(12-14-15)11-8(16)6-3-2-4-7(10)5-6/h6-7H,2-5,10H2,1H3,(H,11,13,16). The van der Waals surface area contributed by atoms with Gasteiger partial charge in [-0.2, -0.15) is 4.80 Å². The summed E-state index contributed by atoms with van der Waals surface area (Å²) < 4.78 is 0. The minimum absolute atomic E-state index is 0.0208. The van der Waals surface area contributed by atoms with Crippen LogP contribution in [-0.4, -0.2) is 32.2 Å². The lowest BCUT2D eigenvalue weighted by Crippen LogP contribution is -2.34. The lowest BCUT2D eigenvalue weighted by atomic mass is 9.85. The molecule has 2 rings (SSSR count). The van der Waals surface area contributed by atoms with Crippen LogP contribution < -0.4 is 11.1 Å². The van der Waals surface area contributed by atoms with Crippen molar-refractivity contribution in [3.8, 4) is 0 Å². The van der Waals surface area contributed by atoms with Crippen molar-refractivity contribution < 1.29 is 4.79 Å². The topological polar surface area (TPSA) is 98.7 Å². The average molecular weight is 224 g/mol. The molecule has 2 atom stereocenters. The quantitative estimate of drug-likeness (QED) is 0.716. The highest BCUT2D eigenvalue weighted by atomic mass is 16.2. The molecule has 1 aromatic heterocycles. The van der Waals surface area contributed by atoms with Crippen molar-refractivity contribution in [3.63, 3.8) is 0 Å². The summed E-state index contributed by atoms with van der Waals surface area (Å²) in [6.07, 6.45) is 3.65. The van der Waals surface area contributed by atoms with Gasteiger partial charge in [0.05, 0.1) is 7.05 Å². The SMILES string of the molecule is Cn1nnc(NC(=O)C2CCCC(N)C2)n1. The fourth-order valence-electron chi connectivity index (χ4n) is 2.01. The first-order chi connectivity index (χ1) is 7.65. The van der Waals surface area contributed by atoms with Gasteiger partial charge < -0.3 is 5.73 Å². The van der Waals surface area contributed by atoms with Crippen LogP contribution in [0, 0.1) is 5.92 Å². The number of carbonyl (C=O) groups is 1. The van der Waals surface area contributed by atoms with Crippen LogP contribution in [0.25, 0.3) is 0 Å². The van der Waals surface area contributed by atoms with E-state index in [1.807, 2.05) is 0 Å². The van der Waals surface area contributed by atoms with E-state index in [2.05, 4.69) is 20.7 Å². The van der Waals surface area contributed by atoms with Crippen LogP contribution in [0.2, 0.25) is 0 Å². The van der Waals surface area contributed by atoms with Gasteiger partial charge in [-0.05, 0) is 24.5 Å². The van der Waals surface area contributed by atoms with Gasteiger partial charge in [0, 0.05) is 12.0 Å². The number of hydrogen-bond donors (Lipinski definition) is 2. The van der Waals surface area contributed by atoms with Crippen molar-refractivity contribution >= 4 is 11.9 Å². The molecule has 2 unspecified atom stereocenters. The van der Waals surface area contributed by atoms with E-state index in [9.17, 15) is 4.79 Å². The summed E-state index contributed by atoms with van der Waals surface area (Å²) in [5.74, 6) is 0.183. The molecule has 1 saturated carbocycles. The second-order valence-electron chi connectivity index (χ2n) is 4.22. The number of nitrogens with two attached hydrogens (primary N) is 1. The second-order valence-corrected chi connectivity index (χ2v) is 4.22. The maximum atomic E-state index is 11.8. The normalized spacial score (nSPS) is 25.4. The van der Waals surface area contributed by atoms with Gasteiger partial charge in [-0.25, -0.2) is 0 Å². The zero-order valence-electron chi connectivity index (χ0n) is 9.26. The van der Waals surface area contributed by atoms with Gasteiger partial charge >= 0.3 is 0 Å². The third-order valence-corrected chi connectivity index (χ3v) is 2.83. The summed E-state index contributed by atoms with van der Waals surface area (Å²) in [5.41, 5.74) is 5.83. The number of rotatable bonds is 2. The van der Waals surface area contributed by atoms with Gasteiger partial charge in [0.15, 0.2) is 0 Å². The predicted octanol–water partition coefficient (Wildman–Crippen LogP) is -0.334. The number of tetrazole rings is 1. The molecule has 1 heterocycles. The van der Waals surface area contributed by atoms with Crippen LogP contribution in [-0.2, 0) is 11.8 Å². The molecule has 0 bridgehead atoms. The summed E-state index contributed by atoms with van der Waals surface area (Å²) in [5, 5.41) is 13.9. The van der Waals surface area contributed by atoms with Crippen LogP contribution in [0.1, 0.15) is 25.7 Å². The second kappa shape index (κ2) is 4.56. The van der Waals surface area contributed by atoms with Crippen molar-refractivity contribution in [3.05, 3.63) is 0 Å². The fraction of sp³-hybridized carbons (Fsp3) is 0.778. The summed E-state index contributed by atoms with van der Waals surface area (Å²) in [7, 11) is 1.65. The Bertz CT molecular complexity index is 376. The smallest absolute Gasteiger partial charge is 0.270 e. The number of anilines is 1. The van der Waals surface area contributed by atoms with Crippen LogP contribution >= 0.6 is 0 Å². The van der Waals surface area contributed by atoms with Gasteiger partial charge in [-0.1, -0.05) is 11.5 Å². The van der Waals surface area contributed by atoms with Crippen molar-refractivity contribution in [2.45, 2.75) is 31.7 Å². The molecule has 0 aliphatic heterocycles. The monoisotopic (exact) mass is 224 g/mol. The molecule has 1 aromatic rings. The van der Waals surface area contributed by atoms with Gasteiger partial charge in [0.2, 0.25) is 5.91 Å². The minimum Gasteiger partial charge on any atom is -0.328 e. The zero-order chi connectivity index (χ0) is 11.5. The van der Waals surface area contributed by atoms with Crippen LogP contribution in [0.4, 0.5) is 5.95 Å². The summed E-state index contributed by atoms with van der Waals surface area (Å²) in [6.45, 7) is 0. The molecule has 0 aromatic carbocycles. The van der Waals surface area contributed by atoms with E-state index < -0.39 is 0 Å². The highest BCUT2D eigenvalue weighted by Gasteiger charge is 2.25. The molecule has 88 valence electrons. The van der Waals surface area contributed by atoms with E-state index in [1.54, 1.807) is 7.05 Å². The third-order valence-electron chi connectivity index (χ3n) is 2.83. The largest absolute Gasteiger partial charge is 0.328 e. The zero-order valence-corrected chi connectivity index (χ0v) is 9.26. The van der Waals surface area contributed by atoms with E-state index in [-0.39, 0.29) is 23.8 Å². The molecule has 16 heavy (non-hydrogen) atoms. The first-order valence-corrected chi connectivity index (χ1v) is 5.45. The molecule has 1 amide bonds. The number of nitrogens with one attached hydrogen (secondary N) is 1. The highest BCUT2D eigenvalue weighted by Crippen LogP contribution is 2.23. The molecule has 1 aliphatic carbocycles. The molecule has 0 spiro atoms. The molecule has 7 heteroatoms. The minimum atomic E-state index is -0.0526. The summed E-state index contributed by atoms with van der Waals surface area (Å²) in [4.78, 5) is 13.1. The summed E-state index contributed by atoms with van der Waals surface area (Å²) >= 11 is 0. The van der Waals surface area contributed by atoms with Gasteiger partial charge in [0.25, 0.3) is 5.95 Å². The molecule has 1 fully saturated rings. The molecule has 0 radical (unpaired) electrons. The number of nitrogens with zero attached hydrogens (tertiary/aromatic N) is 4. The van der Waals surface area contributed by atoms with E-state index in [0.717, 1.165) is 25.7 Å². The Labute approximate surface area is 93.4 Å². The van der Waals surface area contributed by atoms with E-state index in [1.165, 1.54) is 4.80 Å². The van der Waals surface area contributed by atoms with Crippen LogP contribution in [0.15, 0.2) is 0 Å². The maximum absolute atomic E-state index is 11.8. The first kappa shape index (κ1) is 11.0. The van der Waals surface area contributed by atoms with Crippen molar-refractivity contribution in [1.29, 1.82) is 0 Å². The predicted molar refractivity (Wildman–Crippen MR) is 57.4 cm³/mol. The number of hydrogen-bond acceptors (Lipinski definition) is 5. The Balaban J connectivity index is 1.92. The van der Waals surface area contributed by atoms with Gasteiger partial charge in [0.1, 0.15) is 0 Å². The van der Waals surface area contributed by atoms with E-state index in [4.69, 9.17) is 5.73 Å². The Kier molecular flexibility index (Phi) is 3.14. The Morgan fingerprint density at radius 1 is 1.56 bits per heavy atom.